The molecule has 0 unspecified atom stereocenters. The number of nitrogens with zero attached hydrogens (tertiary/aromatic N) is 2. The van der Waals surface area contributed by atoms with Crippen molar-refractivity contribution in [3.05, 3.63) is 29.3 Å². The van der Waals surface area contributed by atoms with E-state index in [0.29, 0.717) is 30.8 Å². The number of likely N-dealkylation sites (tertiary alicyclic amines) is 1. The number of nitrogens with one attached hydrogen (secondary N) is 2. The van der Waals surface area contributed by atoms with Crippen LogP contribution < -0.4 is 10.0 Å². The second kappa shape index (κ2) is 12.4. The Morgan fingerprint density at radius 3 is 2.34 bits per heavy atom. The Kier molecular flexibility index (Phi) is 9.93. The van der Waals surface area contributed by atoms with Crippen LogP contribution in [0.25, 0.3) is 0 Å². The van der Waals surface area contributed by atoms with E-state index in [2.05, 4.69) is 38.0 Å². The smallest absolute Gasteiger partial charge is 0.340 e. The van der Waals surface area contributed by atoms with Crippen LogP contribution in [0.15, 0.2) is 18.2 Å². The van der Waals surface area contributed by atoms with Gasteiger partial charge in [-0.05, 0) is 77.1 Å². The molecule has 15 heteroatoms. The van der Waals surface area contributed by atoms with Gasteiger partial charge in [0, 0.05) is 24.7 Å². The minimum Gasteiger partial charge on any atom is -0.340 e. The first-order valence-electron chi connectivity index (χ1n) is 13.5. The fourth-order valence-corrected chi connectivity index (χ4v) is 6.29. The lowest BCUT2D eigenvalue weighted by molar-refractivity contribution is -0.137. The molecule has 0 bridgehead atoms. The third kappa shape index (κ3) is 7.46. The van der Waals surface area contributed by atoms with Gasteiger partial charge in [-0.2, -0.15) is 34.8 Å². The summed E-state index contributed by atoms with van der Waals surface area (Å²) in [5.41, 5.74) is -9.13. The largest absolute Gasteiger partial charge is 0.516 e. The molecule has 41 heavy (non-hydrogen) atoms. The maximum atomic E-state index is 13.4. The molecule has 1 aromatic rings. The predicted molar refractivity (Wildman–Crippen MR) is 140 cm³/mol. The van der Waals surface area contributed by atoms with E-state index in [1.54, 1.807) is 4.90 Å². The lowest BCUT2D eigenvalue weighted by Gasteiger charge is -2.44. The molecule has 3 rings (SSSR count). The standard InChI is InChI=1S/C26H36F6N4O4S/c1-5-6-16-13-18(35(4)15(2)3)8-10-22(16)36-12-11-21(24(36)38)33-23(37)19-14-17(25(27,28)29)7-9-20(19)34-41(39,40)26(30,31)32/h7,9,14-16,18,21-22,34H,5-6,8,10-13H2,1-4H3,(H,33,37)/t16-,18+,21-,22-/m0/s1. The molecule has 1 saturated carbocycles. The third-order valence-corrected chi connectivity index (χ3v) is 9.15. The number of alkyl halides is 6. The fourth-order valence-electron chi connectivity index (χ4n) is 5.71. The van der Waals surface area contributed by atoms with E-state index in [-0.39, 0.29) is 24.4 Å². The van der Waals surface area contributed by atoms with Gasteiger partial charge in [0.05, 0.1) is 16.8 Å². The summed E-state index contributed by atoms with van der Waals surface area (Å²) in [7, 11) is -3.96. The van der Waals surface area contributed by atoms with Gasteiger partial charge in [0.25, 0.3) is 5.91 Å². The molecule has 1 aliphatic carbocycles. The summed E-state index contributed by atoms with van der Waals surface area (Å²) in [5.74, 6) is -1.52. The van der Waals surface area contributed by atoms with Crippen LogP contribution in [0.4, 0.5) is 32.0 Å². The van der Waals surface area contributed by atoms with Crippen molar-refractivity contribution < 1.29 is 44.3 Å². The van der Waals surface area contributed by atoms with Gasteiger partial charge >= 0.3 is 21.7 Å². The highest BCUT2D eigenvalue weighted by molar-refractivity contribution is 7.93. The summed E-state index contributed by atoms with van der Waals surface area (Å²) in [6.45, 7) is 6.58. The Morgan fingerprint density at radius 2 is 1.78 bits per heavy atom. The lowest BCUT2D eigenvalue weighted by Crippen LogP contribution is -2.51. The molecule has 8 nitrogen and oxygen atoms in total. The van der Waals surface area contributed by atoms with E-state index in [1.807, 2.05) is 0 Å². The fraction of sp³-hybridized carbons (Fsp3) is 0.692. The van der Waals surface area contributed by atoms with Crippen molar-refractivity contribution in [2.24, 2.45) is 5.92 Å². The van der Waals surface area contributed by atoms with Gasteiger partial charge in [-0.3, -0.25) is 14.3 Å². The van der Waals surface area contributed by atoms with Crippen LogP contribution in [-0.4, -0.2) is 73.3 Å². The van der Waals surface area contributed by atoms with Gasteiger partial charge in [-0.1, -0.05) is 13.3 Å². The van der Waals surface area contributed by atoms with Gasteiger partial charge in [0.1, 0.15) is 6.04 Å². The average molecular weight is 615 g/mol. The monoisotopic (exact) mass is 614 g/mol. The number of halogens is 6. The first-order chi connectivity index (χ1) is 18.9. The van der Waals surface area contributed by atoms with Crippen LogP contribution in [0, 0.1) is 5.92 Å². The number of rotatable bonds is 9. The first kappa shape index (κ1) is 33.0. The molecule has 1 aromatic carbocycles. The molecular formula is C26H36F6N4O4S. The number of amides is 2. The molecule has 4 atom stereocenters. The minimum atomic E-state index is -6.03. The van der Waals surface area contributed by atoms with E-state index in [1.165, 1.54) is 0 Å². The number of anilines is 1. The van der Waals surface area contributed by atoms with Crippen molar-refractivity contribution in [1.82, 2.24) is 15.1 Å². The Hall–Kier alpha value is -2.55. The van der Waals surface area contributed by atoms with Crippen LogP contribution in [0.5, 0.6) is 0 Å². The lowest BCUT2D eigenvalue weighted by atomic mass is 9.77. The molecule has 1 aliphatic heterocycles. The minimum absolute atomic E-state index is 0.0797. The number of carbonyl (C=O) groups is 2. The molecule has 2 aliphatic rings. The van der Waals surface area contributed by atoms with Gasteiger partial charge in [0.2, 0.25) is 5.91 Å². The van der Waals surface area contributed by atoms with Crippen molar-refractivity contribution in [2.45, 2.75) is 95.1 Å². The molecule has 0 aromatic heterocycles. The Bertz CT molecular complexity index is 1220. The molecule has 2 fully saturated rings. The van der Waals surface area contributed by atoms with Gasteiger partial charge < -0.3 is 15.1 Å². The summed E-state index contributed by atoms with van der Waals surface area (Å²) in [6.07, 6.45) is -0.510. The van der Waals surface area contributed by atoms with E-state index in [9.17, 15) is 44.3 Å². The van der Waals surface area contributed by atoms with Gasteiger partial charge in [-0.25, -0.2) is 0 Å². The van der Waals surface area contributed by atoms with E-state index < -0.39 is 56.4 Å². The molecule has 1 heterocycles. The number of carbonyl (C=O) groups excluding carboxylic acids is 2. The van der Waals surface area contributed by atoms with Crippen LogP contribution >= 0.6 is 0 Å². The van der Waals surface area contributed by atoms with Gasteiger partial charge in [0.15, 0.2) is 0 Å². The summed E-state index contributed by atoms with van der Waals surface area (Å²) >= 11 is 0. The molecule has 2 amide bonds. The predicted octanol–water partition coefficient (Wildman–Crippen LogP) is 4.98. The molecule has 0 spiro atoms. The summed E-state index contributed by atoms with van der Waals surface area (Å²) in [4.78, 5) is 30.4. The molecule has 1 saturated heterocycles. The zero-order valence-corrected chi connectivity index (χ0v) is 24.1. The highest BCUT2D eigenvalue weighted by Gasteiger charge is 2.47. The zero-order chi connectivity index (χ0) is 30.9. The molecule has 232 valence electrons. The summed E-state index contributed by atoms with van der Waals surface area (Å²) in [6, 6.07) is 0.556. The topological polar surface area (TPSA) is 98.8 Å². The van der Waals surface area contributed by atoms with Crippen LogP contribution in [0.1, 0.15) is 75.2 Å². The number of sulfonamides is 1. The number of hydrogen-bond acceptors (Lipinski definition) is 5. The van der Waals surface area contributed by atoms with Crippen LogP contribution in [0.2, 0.25) is 0 Å². The third-order valence-electron chi connectivity index (χ3n) is 8.05. The summed E-state index contributed by atoms with van der Waals surface area (Å²) < 4.78 is 103. The maximum Gasteiger partial charge on any atom is 0.516 e. The van der Waals surface area contributed by atoms with Crippen molar-refractivity contribution in [1.29, 1.82) is 0 Å². The van der Waals surface area contributed by atoms with E-state index in [0.717, 1.165) is 36.8 Å². The molecule has 2 N–H and O–H groups in total. The van der Waals surface area contributed by atoms with Crippen LogP contribution in [0.3, 0.4) is 0 Å². The molecular weight excluding hydrogens is 578 g/mol. The number of benzene rings is 1. The van der Waals surface area contributed by atoms with Crippen molar-refractivity contribution in [3.8, 4) is 0 Å². The van der Waals surface area contributed by atoms with Crippen molar-refractivity contribution in [3.63, 3.8) is 0 Å². The Labute approximate surface area is 235 Å². The SMILES string of the molecule is CCC[C@H]1C[C@H](N(C)C(C)C)CC[C@@H]1N1CC[C@H](NC(=O)c2cc(C(F)(F)F)ccc2NS(=O)(=O)C(F)(F)F)C1=O. The highest BCUT2D eigenvalue weighted by Crippen LogP contribution is 2.37. The van der Waals surface area contributed by atoms with E-state index in [4.69, 9.17) is 0 Å². The van der Waals surface area contributed by atoms with Crippen molar-refractivity contribution >= 4 is 27.5 Å². The van der Waals surface area contributed by atoms with Crippen LogP contribution in [-0.2, 0) is 21.0 Å². The summed E-state index contributed by atoms with van der Waals surface area (Å²) in [5, 5.41) is 2.32. The number of hydrogen-bond donors (Lipinski definition) is 2. The second-order valence-electron chi connectivity index (χ2n) is 11.0. The zero-order valence-electron chi connectivity index (χ0n) is 23.3. The van der Waals surface area contributed by atoms with Gasteiger partial charge in [-0.15, -0.1) is 0 Å². The quantitative estimate of drug-likeness (QED) is 0.383. The second-order valence-corrected chi connectivity index (χ2v) is 12.7. The Balaban J connectivity index is 1.81. The van der Waals surface area contributed by atoms with E-state index >= 15 is 0 Å². The van der Waals surface area contributed by atoms with Crippen molar-refractivity contribution in [2.75, 3.05) is 18.3 Å². The maximum absolute atomic E-state index is 13.4. The Morgan fingerprint density at radius 1 is 1.12 bits per heavy atom. The highest BCUT2D eigenvalue weighted by atomic mass is 32.2. The average Bonchev–Trinajstić information content (AvgIpc) is 3.21. The normalized spacial score (nSPS) is 24.3. The molecule has 0 radical (unpaired) electrons. The first-order valence-corrected chi connectivity index (χ1v) is 15.0.